The average Bonchev–Trinajstić information content (AvgIpc) is 3.40. The quantitative estimate of drug-likeness (QED) is 0.371. The van der Waals surface area contributed by atoms with Crippen LogP contribution in [0.25, 0.3) is 11.3 Å². The molecule has 2 aromatic carbocycles. The van der Waals surface area contributed by atoms with E-state index in [2.05, 4.69) is 59.0 Å². The number of benzene rings is 2. The second kappa shape index (κ2) is 10.4. The Morgan fingerprint density at radius 2 is 1.82 bits per heavy atom. The molecular formula is C26H26N4O3S. The Kier molecular flexibility index (Phi) is 7.08. The minimum absolute atomic E-state index is 0.289. The van der Waals surface area contributed by atoms with E-state index in [1.165, 1.54) is 22.6 Å². The number of ether oxygens (including phenoxy) is 1. The highest BCUT2D eigenvalue weighted by Crippen LogP contribution is 2.30. The van der Waals surface area contributed by atoms with E-state index in [9.17, 15) is 9.59 Å². The van der Waals surface area contributed by atoms with Crippen molar-refractivity contribution in [3.05, 3.63) is 88.6 Å². The van der Waals surface area contributed by atoms with Gasteiger partial charge in [-0.2, -0.15) is 0 Å². The predicted molar refractivity (Wildman–Crippen MR) is 134 cm³/mol. The largest absolute Gasteiger partial charge is 0.483 e. The van der Waals surface area contributed by atoms with Crippen LogP contribution in [0.3, 0.4) is 0 Å². The van der Waals surface area contributed by atoms with Gasteiger partial charge in [-0.3, -0.25) is 14.9 Å². The Morgan fingerprint density at radius 1 is 1.09 bits per heavy atom. The molecule has 3 N–H and O–H groups in total. The molecule has 34 heavy (non-hydrogen) atoms. The molecule has 174 valence electrons. The third kappa shape index (κ3) is 5.35. The van der Waals surface area contributed by atoms with Gasteiger partial charge in [0.15, 0.2) is 11.7 Å². The number of anilines is 1. The molecule has 0 aliphatic rings. The summed E-state index contributed by atoms with van der Waals surface area (Å²) >= 11 is 1.36. The van der Waals surface area contributed by atoms with Crippen molar-refractivity contribution in [3.63, 3.8) is 0 Å². The number of hydrogen-bond acceptors (Lipinski definition) is 5. The predicted octanol–water partition coefficient (Wildman–Crippen LogP) is 4.59. The Balaban J connectivity index is 1.48. The Hall–Kier alpha value is -3.91. The normalized spacial score (nSPS) is 10.8. The van der Waals surface area contributed by atoms with Crippen molar-refractivity contribution in [2.75, 3.05) is 11.9 Å². The first-order chi connectivity index (χ1) is 16.4. The minimum atomic E-state index is -0.610. The molecule has 0 bridgehead atoms. The SMILES string of the molecule is Cc1cc(-c2csc(NC(=O)c3ccccc3OCC(N)=O)n2)c(C)n1CCc1ccccc1. The van der Waals surface area contributed by atoms with Crippen LogP contribution in [0.1, 0.15) is 27.3 Å². The van der Waals surface area contributed by atoms with E-state index < -0.39 is 5.91 Å². The Morgan fingerprint density at radius 3 is 2.59 bits per heavy atom. The highest BCUT2D eigenvalue weighted by Gasteiger charge is 2.17. The third-order valence-corrected chi connectivity index (χ3v) is 6.30. The Labute approximate surface area is 202 Å². The molecular weight excluding hydrogens is 448 g/mol. The Bertz CT molecular complexity index is 1310. The van der Waals surface area contributed by atoms with Crippen molar-refractivity contribution < 1.29 is 14.3 Å². The molecule has 4 aromatic rings. The van der Waals surface area contributed by atoms with Crippen LogP contribution in [-0.4, -0.2) is 28.0 Å². The van der Waals surface area contributed by atoms with Crippen molar-refractivity contribution in [1.82, 2.24) is 9.55 Å². The maximum Gasteiger partial charge on any atom is 0.261 e. The van der Waals surface area contributed by atoms with Gasteiger partial charge in [-0.25, -0.2) is 4.98 Å². The van der Waals surface area contributed by atoms with Gasteiger partial charge >= 0.3 is 0 Å². The summed E-state index contributed by atoms with van der Waals surface area (Å²) < 4.78 is 7.66. The lowest BCUT2D eigenvalue weighted by molar-refractivity contribution is -0.119. The summed E-state index contributed by atoms with van der Waals surface area (Å²) in [6.45, 7) is 4.78. The number of thiazole rings is 1. The fraction of sp³-hybridized carbons (Fsp3) is 0.192. The topological polar surface area (TPSA) is 99.2 Å². The molecule has 8 heteroatoms. The first kappa shape index (κ1) is 23.3. The van der Waals surface area contributed by atoms with Gasteiger partial charge < -0.3 is 15.0 Å². The van der Waals surface area contributed by atoms with Crippen LogP contribution in [-0.2, 0) is 17.8 Å². The van der Waals surface area contributed by atoms with Crippen molar-refractivity contribution in [3.8, 4) is 17.0 Å². The molecule has 0 saturated heterocycles. The maximum absolute atomic E-state index is 12.8. The van der Waals surface area contributed by atoms with Gasteiger partial charge in [0, 0.05) is 28.9 Å². The molecule has 4 rings (SSSR count). The van der Waals surface area contributed by atoms with E-state index in [-0.39, 0.29) is 18.3 Å². The average molecular weight is 475 g/mol. The van der Waals surface area contributed by atoms with E-state index in [4.69, 9.17) is 10.5 Å². The van der Waals surface area contributed by atoms with Crippen LogP contribution in [0.2, 0.25) is 0 Å². The summed E-state index contributed by atoms with van der Waals surface area (Å²) in [5, 5.41) is 5.25. The molecule has 2 aromatic heterocycles. The van der Waals surface area contributed by atoms with Crippen molar-refractivity contribution in [1.29, 1.82) is 0 Å². The standard InChI is InChI=1S/C26H26N4O3S/c1-17-14-21(18(2)30(17)13-12-19-8-4-3-5-9-19)22-16-34-26(28-22)29-25(32)20-10-6-7-11-23(20)33-15-24(27)31/h3-11,14,16H,12-13,15H2,1-2H3,(H2,27,31)(H,28,29,32). The number of nitrogens with two attached hydrogens (primary N) is 1. The molecule has 0 aliphatic heterocycles. The van der Waals surface area contributed by atoms with Crippen LogP contribution < -0.4 is 15.8 Å². The van der Waals surface area contributed by atoms with Gasteiger partial charge in [-0.05, 0) is 44.0 Å². The molecule has 0 atom stereocenters. The van der Waals surface area contributed by atoms with Gasteiger partial charge in [-0.1, -0.05) is 42.5 Å². The zero-order valence-corrected chi connectivity index (χ0v) is 19.9. The first-order valence-corrected chi connectivity index (χ1v) is 11.8. The molecule has 0 radical (unpaired) electrons. The van der Waals surface area contributed by atoms with Gasteiger partial charge in [0.1, 0.15) is 5.75 Å². The molecule has 0 aliphatic carbocycles. The fourth-order valence-electron chi connectivity index (χ4n) is 3.84. The molecule has 2 heterocycles. The molecule has 7 nitrogen and oxygen atoms in total. The van der Waals surface area contributed by atoms with E-state index in [1.807, 2.05) is 11.4 Å². The van der Waals surface area contributed by atoms with E-state index in [0.29, 0.717) is 10.7 Å². The summed E-state index contributed by atoms with van der Waals surface area (Å²) in [7, 11) is 0. The van der Waals surface area contributed by atoms with Gasteiger partial charge in [0.2, 0.25) is 0 Å². The number of carbonyl (C=O) groups is 2. The van der Waals surface area contributed by atoms with Crippen LogP contribution >= 0.6 is 11.3 Å². The lowest BCUT2D eigenvalue weighted by Gasteiger charge is -2.10. The lowest BCUT2D eigenvalue weighted by Crippen LogP contribution is -2.21. The number of rotatable bonds is 9. The summed E-state index contributed by atoms with van der Waals surface area (Å²) in [6, 6.07) is 19.3. The van der Waals surface area contributed by atoms with Crippen LogP contribution in [0.4, 0.5) is 5.13 Å². The third-order valence-electron chi connectivity index (χ3n) is 5.54. The first-order valence-electron chi connectivity index (χ1n) is 10.9. The number of carbonyl (C=O) groups excluding carboxylic acids is 2. The van der Waals surface area contributed by atoms with Gasteiger partial charge in [0.05, 0.1) is 11.3 Å². The highest BCUT2D eigenvalue weighted by molar-refractivity contribution is 7.14. The van der Waals surface area contributed by atoms with E-state index >= 15 is 0 Å². The monoisotopic (exact) mass is 474 g/mol. The number of nitrogens with one attached hydrogen (secondary N) is 1. The van der Waals surface area contributed by atoms with Crippen LogP contribution in [0, 0.1) is 13.8 Å². The number of para-hydroxylation sites is 1. The number of aromatic nitrogens is 2. The van der Waals surface area contributed by atoms with Crippen LogP contribution in [0.5, 0.6) is 5.75 Å². The van der Waals surface area contributed by atoms with Crippen molar-refractivity contribution in [2.24, 2.45) is 5.73 Å². The molecule has 0 spiro atoms. The second-order valence-electron chi connectivity index (χ2n) is 7.92. The molecule has 0 unspecified atom stereocenters. The minimum Gasteiger partial charge on any atom is -0.483 e. The van der Waals surface area contributed by atoms with E-state index in [1.54, 1.807) is 24.3 Å². The zero-order valence-electron chi connectivity index (χ0n) is 19.1. The maximum atomic E-state index is 12.8. The number of aryl methyl sites for hydroxylation is 2. The molecule has 0 saturated carbocycles. The van der Waals surface area contributed by atoms with Crippen molar-refractivity contribution in [2.45, 2.75) is 26.8 Å². The van der Waals surface area contributed by atoms with Gasteiger partial charge in [0.25, 0.3) is 11.8 Å². The summed E-state index contributed by atoms with van der Waals surface area (Å²) in [5.41, 5.74) is 10.9. The molecule has 2 amide bonds. The smallest absolute Gasteiger partial charge is 0.261 e. The van der Waals surface area contributed by atoms with Crippen LogP contribution in [0.15, 0.2) is 66.0 Å². The van der Waals surface area contributed by atoms with Crippen molar-refractivity contribution >= 4 is 28.3 Å². The number of amides is 2. The van der Waals surface area contributed by atoms with E-state index in [0.717, 1.165) is 29.9 Å². The number of hydrogen-bond donors (Lipinski definition) is 2. The zero-order chi connectivity index (χ0) is 24.1. The summed E-state index contributed by atoms with van der Waals surface area (Å²) in [5.74, 6) is -0.687. The van der Waals surface area contributed by atoms with Gasteiger partial charge in [-0.15, -0.1) is 11.3 Å². The molecule has 0 fully saturated rings. The second-order valence-corrected chi connectivity index (χ2v) is 8.77. The highest BCUT2D eigenvalue weighted by atomic mass is 32.1. The number of nitrogens with zero attached hydrogens (tertiary/aromatic N) is 2. The number of primary amides is 1. The lowest BCUT2D eigenvalue weighted by atomic mass is 10.1. The summed E-state index contributed by atoms with van der Waals surface area (Å²) in [4.78, 5) is 28.5. The fourth-order valence-corrected chi connectivity index (χ4v) is 4.54. The summed E-state index contributed by atoms with van der Waals surface area (Å²) in [6.07, 6.45) is 0.951.